The zero-order valence-corrected chi connectivity index (χ0v) is 14.2. The first-order chi connectivity index (χ1) is 9.62. The molecular weight excluding hydrogens is 268 g/mol. The first kappa shape index (κ1) is 18.4. The lowest BCUT2D eigenvalue weighted by atomic mass is 9.83. The van der Waals surface area contributed by atoms with Crippen molar-refractivity contribution in [1.29, 1.82) is 0 Å². The number of morpholine rings is 1. The highest BCUT2D eigenvalue weighted by Gasteiger charge is 2.31. The first-order valence-electron chi connectivity index (χ1n) is 7.93. The minimum atomic E-state index is -0.916. The molecule has 0 bridgehead atoms. The molecule has 0 aromatic rings. The molecule has 5 heteroatoms. The molecule has 0 aliphatic carbocycles. The number of aliphatic hydroxyl groups is 1. The summed E-state index contributed by atoms with van der Waals surface area (Å²) in [6.45, 7) is 13.9. The van der Waals surface area contributed by atoms with Crippen LogP contribution in [0.2, 0.25) is 0 Å². The van der Waals surface area contributed by atoms with Crippen molar-refractivity contribution in [3.05, 3.63) is 0 Å². The molecule has 1 aliphatic heterocycles. The summed E-state index contributed by atoms with van der Waals surface area (Å²) >= 11 is 0. The number of nitrogens with zero attached hydrogens (tertiary/aromatic N) is 1. The van der Waals surface area contributed by atoms with E-state index in [-0.39, 0.29) is 12.5 Å². The SMILES string of the molecule is CC(C)CC(C)(C)C(=O)NCC(C)(O)CN1CCOCC1. The van der Waals surface area contributed by atoms with Crippen LogP contribution in [0.1, 0.15) is 41.0 Å². The van der Waals surface area contributed by atoms with Crippen molar-refractivity contribution in [3.63, 3.8) is 0 Å². The van der Waals surface area contributed by atoms with E-state index >= 15 is 0 Å². The summed E-state index contributed by atoms with van der Waals surface area (Å²) in [6, 6.07) is 0. The Balaban J connectivity index is 2.42. The lowest BCUT2D eigenvalue weighted by Gasteiger charge is -2.35. The van der Waals surface area contributed by atoms with Gasteiger partial charge >= 0.3 is 0 Å². The standard InChI is InChI=1S/C16H32N2O3/c1-13(2)10-15(3,4)14(19)17-11-16(5,20)12-18-6-8-21-9-7-18/h13,20H,6-12H2,1-5H3,(H,17,19). The van der Waals surface area contributed by atoms with E-state index in [9.17, 15) is 9.90 Å². The predicted molar refractivity (Wildman–Crippen MR) is 84.1 cm³/mol. The highest BCUT2D eigenvalue weighted by Crippen LogP contribution is 2.25. The second kappa shape index (κ2) is 7.56. The molecule has 1 heterocycles. The number of hydrogen-bond acceptors (Lipinski definition) is 4. The summed E-state index contributed by atoms with van der Waals surface area (Å²) in [6.07, 6.45) is 0.838. The molecular formula is C16H32N2O3. The van der Waals surface area contributed by atoms with Gasteiger partial charge < -0.3 is 15.2 Å². The number of ether oxygens (including phenoxy) is 1. The molecule has 1 saturated heterocycles. The van der Waals surface area contributed by atoms with Crippen LogP contribution in [0.25, 0.3) is 0 Å². The Morgan fingerprint density at radius 3 is 2.38 bits per heavy atom. The van der Waals surface area contributed by atoms with Gasteiger partial charge in [0.15, 0.2) is 0 Å². The Kier molecular flexibility index (Phi) is 6.63. The van der Waals surface area contributed by atoms with Crippen molar-refractivity contribution in [2.75, 3.05) is 39.4 Å². The third-order valence-electron chi connectivity index (χ3n) is 3.83. The normalized spacial score (nSPS) is 20.3. The van der Waals surface area contributed by atoms with Crippen molar-refractivity contribution in [3.8, 4) is 0 Å². The molecule has 1 unspecified atom stereocenters. The number of rotatable bonds is 7. The predicted octanol–water partition coefficient (Wildman–Crippen LogP) is 1.26. The highest BCUT2D eigenvalue weighted by molar-refractivity contribution is 5.81. The molecule has 1 atom stereocenters. The van der Waals surface area contributed by atoms with Gasteiger partial charge in [0.1, 0.15) is 0 Å². The molecule has 0 radical (unpaired) electrons. The zero-order chi connectivity index (χ0) is 16.1. The van der Waals surface area contributed by atoms with Crippen LogP contribution in [0.5, 0.6) is 0 Å². The maximum absolute atomic E-state index is 12.3. The zero-order valence-electron chi connectivity index (χ0n) is 14.2. The van der Waals surface area contributed by atoms with Crippen molar-refractivity contribution < 1.29 is 14.6 Å². The Bertz CT molecular complexity index is 334. The van der Waals surface area contributed by atoms with Crippen LogP contribution >= 0.6 is 0 Å². The monoisotopic (exact) mass is 300 g/mol. The van der Waals surface area contributed by atoms with Gasteiger partial charge in [-0.3, -0.25) is 9.69 Å². The number of carbonyl (C=O) groups is 1. The Hall–Kier alpha value is -0.650. The number of hydrogen-bond donors (Lipinski definition) is 2. The van der Waals surface area contributed by atoms with Gasteiger partial charge in [-0.2, -0.15) is 0 Å². The number of nitrogens with one attached hydrogen (secondary N) is 1. The Morgan fingerprint density at radius 2 is 1.86 bits per heavy atom. The fraction of sp³-hybridized carbons (Fsp3) is 0.938. The minimum absolute atomic E-state index is 0.0125. The lowest BCUT2D eigenvalue weighted by molar-refractivity contribution is -0.131. The fourth-order valence-corrected chi connectivity index (χ4v) is 2.92. The van der Waals surface area contributed by atoms with E-state index in [1.807, 2.05) is 13.8 Å². The molecule has 0 spiro atoms. The summed E-state index contributed by atoms with van der Waals surface area (Å²) in [5, 5.41) is 13.4. The van der Waals surface area contributed by atoms with Crippen LogP contribution in [0.3, 0.4) is 0 Å². The van der Waals surface area contributed by atoms with Crippen molar-refractivity contribution >= 4 is 5.91 Å². The molecule has 1 amide bonds. The van der Waals surface area contributed by atoms with E-state index in [4.69, 9.17) is 4.74 Å². The molecule has 1 aliphatic rings. The fourth-order valence-electron chi connectivity index (χ4n) is 2.92. The lowest BCUT2D eigenvalue weighted by Crippen LogP contribution is -2.52. The van der Waals surface area contributed by atoms with E-state index in [1.54, 1.807) is 6.92 Å². The first-order valence-corrected chi connectivity index (χ1v) is 7.93. The molecule has 0 saturated carbocycles. The molecule has 2 N–H and O–H groups in total. The average molecular weight is 300 g/mol. The van der Waals surface area contributed by atoms with Crippen LogP contribution < -0.4 is 5.32 Å². The van der Waals surface area contributed by atoms with E-state index in [0.29, 0.717) is 25.7 Å². The molecule has 124 valence electrons. The van der Waals surface area contributed by atoms with Gasteiger partial charge in [-0.15, -0.1) is 0 Å². The summed E-state index contributed by atoms with van der Waals surface area (Å²) in [5.41, 5.74) is -1.32. The van der Waals surface area contributed by atoms with Gasteiger partial charge in [-0.1, -0.05) is 27.7 Å². The summed E-state index contributed by atoms with van der Waals surface area (Å²) in [7, 11) is 0. The van der Waals surface area contributed by atoms with Gasteiger partial charge in [0.2, 0.25) is 5.91 Å². The number of amides is 1. The smallest absolute Gasteiger partial charge is 0.225 e. The van der Waals surface area contributed by atoms with E-state index in [2.05, 4.69) is 24.1 Å². The maximum atomic E-state index is 12.3. The Morgan fingerprint density at radius 1 is 1.29 bits per heavy atom. The van der Waals surface area contributed by atoms with Crippen LogP contribution in [-0.2, 0) is 9.53 Å². The van der Waals surface area contributed by atoms with E-state index in [0.717, 1.165) is 19.5 Å². The molecule has 1 fully saturated rings. The third-order valence-corrected chi connectivity index (χ3v) is 3.83. The second-order valence-electron chi connectivity index (χ2n) is 7.55. The number of carbonyl (C=O) groups excluding carboxylic acids is 1. The molecule has 5 nitrogen and oxygen atoms in total. The second-order valence-corrected chi connectivity index (χ2v) is 7.55. The molecule has 0 aromatic heterocycles. The van der Waals surface area contributed by atoms with Crippen molar-refractivity contribution in [2.24, 2.45) is 11.3 Å². The average Bonchev–Trinajstić information content (AvgIpc) is 2.35. The van der Waals surface area contributed by atoms with Gasteiger partial charge in [0.05, 0.1) is 18.8 Å². The maximum Gasteiger partial charge on any atom is 0.225 e. The van der Waals surface area contributed by atoms with E-state index < -0.39 is 11.0 Å². The van der Waals surface area contributed by atoms with Crippen LogP contribution in [-0.4, -0.2) is 60.9 Å². The van der Waals surface area contributed by atoms with Gasteiger partial charge in [-0.05, 0) is 19.3 Å². The van der Waals surface area contributed by atoms with Crippen molar-refractivity contribution in [2.45, 2.75) is 46.6 Å². The van der Waals surface area contributed by atoms with Crippen LogP contribution in [0, 0.1) is 11.3 Å². The van der Waals surface area contributed by atoms with Gasteiger partial charge in [-0.25, -0.2) is 0 Å². The summed E-state index contributed by atoms with van der Waals surface area (Å²) in [4.78, 5) is 14.5. The topological polar surface area (TPSA) is 61.8 Å². The molecule has 1 rings (SSSR count). The Labute approximate surface area is 129 Å². The third kappa shape index (κ3) is 6.76. The summed E-state index contributed by atoms with van der Waals surface area (Å²) < 4.78 is 5.30. The van der Waals surface area contributed by atoms with Crippen molar-refractivity contribution in [1.82, 2.24) is 10.2 Å². The van der Waals surface area contributed by atoms with Crippen LogP contribution in [0.4, 0.5) is 0 Å². The van der Waals surface area contributed by atoms with Crippen LogP contribution in [0.15, 0.2) is 0 Å². The largest absolute Gasteiger partial charge is 0.387 e. The van der Waals surface area contributed by atoms with Gasteiger partial charge in [0, 0.05) is 31.6 Å². The summed E-state index contributed by atoms with van der Waals surface area (Å²) in [5.74, 6) is 0.484. The quantitative estimate of drug-likeness (QED) is 0.743. The number of β-amino-alcohol motifs (C(OH)–C–C–N with tert-alkyl or cyclic N) is 1. The van der Waals surface area contributed by atoms with E-state index in [1.165, 1.54) is 0 Å². The molecule has 21 heavy (non-hydrogen) atoms. The minimum Gasteiger partial charge on any atom is -0.387 e. The van der Waals surface area contributed by atoms with Gasteiger partial charge in [0.25, 0.3) is 0 Å². The highest BCUT2D eigenvalue weighted by atomic mass is 16.5. The molecule has 0 aromatic carbocycles.